The molecule has 0 heterocycles. The first-order chi connectivity index (χ1) is 10.4. The SMILES string of the molecule is COCCCOc1ccc(C(=O)N(C)CC(C)(C)CN)cc1. The van der Waals surface area contributed by atoms with Gasteiger partial charge in [0.1, 0.15) is 5.75 Å². The van der Waals surface area contributed by atoms with Crippen molar-refractivity contribution in [3.63, 3.8) is 0 Å². The number of hydrogen-bond donors (Lipinski definition) is 1. The van der Waals surface area contributed by atoms with Gasteiger partial charge >= 0.3 is 0 Å². The zero-order valence-electron chi connectivity index (χ0n) is 14.1. The van der Waals surface area contributed by atoms with Gasteiger partial charge in [0.05, 0.1) is 6.61 Å². The van der Waals surface area contributed by atoms with Crippen molar-refractivity contribution in [2.75, 3.05) is 40.5 Å². The Kier molecular flexibility index (Phi) is 7.35. The van der Waals surface area contributed by atoms with Crippen molar-refractivity contribution in [1.82, 2.24) is 4.90 Å². The predicted octanol–water partition coefficient (Wildman–Crippen LogP) is 2.16. The minimum absolute atomic E-state index is 0.00698. The molecule has 1 rings (SSSR count). The first-order valence-electron chi connectivity index (χ1n) is 7.57. The molecule has 0 radical (unpaired) electrons. The summed E-state index contributed by atoms with van der Waals surface area (Å²) in [7, 11) is 3.47. The number of carbonyl (C=O) groups is 1. The third-order valence-corrected chi connectivity index (χ3v) is 3.43. The van der Waals surface area contributed by atoms with E-state index in [-0.39, 0.29) is 11.3 Å². The molecule has 0 aliphatic heterocycles. The van der Waals surface area contributed by atoms with Crippen molar-refractivity contribution in [3.8, 4) is 5.75 Å². The maximum Gasteiger partial charge on any atom is 0.253 e. The molecule has 0 fully saturated rings. The lowest BCUT2D eigenvalue weighted by molar-refractivity contribution is 0.0740. The molecule has 0 spiro atoms. The van der Waals surface area contributed by atoms with E-state index in [4.69, 9.17) is 15.2 Å². The van der Waals surface area contributed by atoms with Crippen LogP contribution in [0.1, 0.15) is 30.6 Å². The van der Waals surface area contributed by atoms with E-state index in [9.17, 15) is 4.79 Å². The summed E-state index contributed by atoms with van der Waals surface area (Å²) in [6, 6.07) is 7.23. The van der Waals surface area contributed by atoms with Gasteiger partial charge in [-0.1, -0.05) is 13.8 Å². The van der Waals surface area contributed by atoms with E-state index in [1.54, 1.807) is 31.2 Å². The zero-order chi connectivity index (χ0) is 16.6. The summed E-state index contributed by atoms with van der Waals surface area (Å²) in [5, 5.41) is 0. The van der Waals surface area contributed by atoms with Crippen LogP contribution in [0.15, 0.2) is 24.3 Å². The van der Waals surface area contributed by atoms with Gasteiger partial charge in [-0.05, 0) is 36.2 Å². The summed E-state index contributed by atoms with van der Waals surface area (Å²) in [5.41, 5.74) is 6.28. The summed E-state index contributed by atoms with van der Waals surface area (Å²) < 4.78 is 10.5. The third kappa shape index (κ3) is 6.03. The molecule has 0 saturated carbocycles. The first kappa shape index (κ1) is 18.5. The monoisotopic (exact) mass is 308 g/mol. The van der Waals surface area contributed by atoms with Crippen molar-refractivity contribution in [2.24, 2.45) is 11.1 Å². The molecule has 1 aromatic rings. The van der Waals surface area contributed by atoms with Crippen molar-refractivity contribution in [3.05, 3.63) is 29.8 Å². The first-order valence-corrected chi connectivity index (χ1v) is 7.57. The maximum atomic E-state index is 12.4. The van der Waals surface area contributed by atoms with Crippen LogP contribution < -0.4 is 10.5 Å². The van der Waals surface area contributed by atoms with Crippen LogP contribution in [-0.2, 0) is 4.74 Å². The van der Waals surface area contributed by atoms with Crippen molar-refractivity contribution in [1.29, 1.82) is 0 Å². The van der Waals surface area contributed by atoms with Gasteiger partial charge in [-0.3, -0.25) is 4.79 Å². The van der Waals surface area contributed by atoms with Gasteiger partial charge in [0.25, 0.3) is 5.91 Å². The highest BCUT2D eigenvalue weighted by molar-refractivity contribution is 5.94. The Labute approximate surface area is 133 Å². The van der Waals surface area contributed by atoms with Crippen LogP contribution in [0.5, 0.6) is 5.75 Å². The van der Waals surface area contributed by atoms with Crippen molar-refractivity contribution >= 4 is 5.91 Å². The molecule has 0 unspecified atom stereocenters. The molecule has 0 aromatic heterocycles. The number of hydrogen-bond acceptors (Lipinski definition) is 4. The van der Waals surface area contributed by atoms with Crippen LogP contribution in [0.2, 0.25) is 0 Å². The van der Waals surface area contributed by atoms with Gasteiger partial charge in [0.2, 0.25) is 0 Å². The second-order valence-corrected chi connectivity index (χ2v) is 6.25. The Bertz CT molecular complexity index is 457. The molecule has 0 atom stereocenters. The minimum Gasteiger partial charge on any atom is -0.494 e. The minimum atomic E-state index is -0.0885. The van der Waals surface area contributed by atoms with Gasteiger partial charge in [0, 0.05) is 39.3 Å². The molecule has 124 valence electrons. The number of nitrogens with zero attached hydrogens (tertiary/aromatic N) is 1. The molecule has 0 bridgehead atoms. The molecular weight excluding hydrogens is 280 g/mol. The van der Waals surface area contributed by atoms with E-state index < -0.39 is 0 Å². The third-order valence-electron chi connectivity index (χ3n) is 3.43. The quantitative estimate of drug-likeness (QED) is 0.710. The van der Waals surface area contributed by atoms with E-state index in [1.165, 1.54) is 0 Å². The molecule has 0 saturated heterocycles. The molecule has 1 aromatic carbocycles. The van der Waals surface area contributed by atoms with E-state index in [1.807, 2.05) is 26.0 Å². The Balaban J connectivity index is 2.56. The Morgan fingerprint density at radius 1 is 1.23 bits per heavy atom. The van der Waals surface area contributed by atoms with E-state index >= 15 is 0 Å². The molecule has 22 heavy (non-hydrogen) atoms. The number of amides is 1. The lowest BCUT2D eigenvalue weighted by atomic mass is 9.93. The van der Waals surface area contributed by atoms with Gasteiger partial charge in [-0.2, -0.15) is 0 Å². The number of nitrogens with two attached hydrogens (primary N) is 1. The lowest BCUT2D eigenvalue weighted by Crippen LogP contribution is -2.39. The van der Waals surface area contributed by atoms with Gasteiger partial charge < -0.3 is 20.1 Å². The van der Waals surface area contributed by atoms with Crippen LogP contribution in [0, 0.1) is 5.41 Å². The molecule has 5 heteroatoms. The second kappa shape index (κ2) is 8.76. The number of ether oxygens (including phenoxy) is 2. The van der Waals surface area contributed by atoms with Crippen molar-refractivity contribution < 1.29 is 14.3 Å². The topological polar surface area (TPSA) is 64.8 Å². The van der Waals surface area contributed by atoms with Crippen LogP contribution in [0.4, 0.5) is 0 Å². The lowest BCUT2D eigenvalue weighted by Gasteiger charge is -2.29. The van der Waals surface area contributed by atoms with Gasteiger partial charge in [0.15, 0.2) is 0 Å². The summed E-state index contributed by atoms with van der Waals surface area (Å²) in [5.74, 6) is 0.755. The van der Waals surface area contributed by atoms with Crippen LogP contribution in [0.25, 0.3) is 0 Å². The molecule has 5 nitrogen and oxygen atoms in total. The number of benzene rings is 1. The summed E-state index contributed by atoms with van der Waals surface area (Å²) in [6.45, 7) is 6.54. The van der Waals surface area contributed by atoms with Gasteiger partial charge in [-0.15, -0.1) is 0 Å². The highest BCUT2D eigenvalue weighted by Gasteiger charge is 2.21. The highest BCUT2D eigenvalue weighted by atomic mass is 16.5. The highest BCUT2D eigenvalue weighted by Crippen LogP contribution is 2.17. The molecule has 0 aliphatic rings. The number of methoxy groups -OCH3 is 1. The average Bonchev–Trinajstić information content (AvgIpc) is 2.51. The summed E-state index contributed by atoms with van der Waals surface area (Å²) >= 11 is 0. The Morgan fingerprint density at radius 2 is 1.86 bits per heavy atom. The summed E-state index contributed by atoms with van der Waals surface area (Å²) in [6.07, 6.45) is 0.841. The van der Waals surface area contributed by atoms with Gasteiger partial charge in [-0.25, -0.2) is 0 Å². The normalized spacial score (nSPS) is 11.3. The zero-order valence-corrected chi connectivity index (χ0v) is 14.1. The van der Waals surface area contributed by atoms with E-state index in [0.717, 1.165) is 12.2 Å². The van der Waals surface area contributed by atoms with Crippen molar-refractivity contribution in [2.45, 2.75) is 20.3 Å². The van der Waals surface area contributed by atoms with Crippen LogP contribution in [-0.4, -0.2) is 51.3 Å². The fourth-order valence-corrected chi connectivity index (χ4v) is 2.09. The fraction of sp³-hybridized carbons (Fsp3) is 0.588. The smallest absolute Gasteiger partial charge is 0.253 e. The predicted molar refractivity (Wildman–Crippen MR) is 88.2 cm³/mol. The number of carbonyl (C=O) groups excluding carboxylic acids is 1. The molecule has 1 amide bonds. The number of rotatable bonds is 9. The molecule has 0 aliphatic carbocycles. The second-order valence-electron chi connectivity index (χ2n) is 6.25. The standard InChI is InChI=1S/C17H28N2O3/c1-17(2,12-18)13-19(3)16(20)14-6-8-15(9-7-14)22-11-5-10-21-4/h6-9H,5,10-13,18H2,1-4H3. The average molecular weight is 308 g/mol. The van der Waals surface area contributed by atoms with E-state index in [0.29, 0.717) is 31.9 Å². The Hall–Kier alpha value is -1.59. The van der Waals surface area contributed by atoms with Crippen LogP contribution in [0.3, 0.4) is 0 Å². The largest absolute Gasteiger partial charge is 0.494 e. The summed E-state index contributed by atoms with van der Waals surface area (Å²) in [4.78, 5) is 14.1. The fourth-order valence-electron chi connectivity index (χ4n) is 2.09. The molecule has 2 N–H and O–H groups in total. The maximum absolute atomic E-state index is 12.4. The van der Waals surface area contributed by atoms with E-state index in [2.05, 4.69) is 0 Å². The Morgan fingerprint density at radius 3 is 2.41 bits per heavy atom. The molecular formula is C17H28N2O3. The van der Waals surface area contributed by atoms with Crippen LogP contribution >= 0.6 is 0 Å².